The zero-order chi connectivity index (χ0) is 36.2. The van der Waals surface area contributed by atoms with E-state index < -0.39 is 35.2 Å². The summed E-state index contributed by atoms with van der Waals surface area (Å²) < 4.78 is 11.6. The van der Waals surface area contributed by atoms with Crippen molar-refractivity contribution in [2.45, 2.75) is 125 Å². The fourth-order valence-electron chi connectivity index (χ4n) is 5.41. The Labute approximate surface area is 285 Å². The van der Waals surface area contributed by atoms with Crippen LogP contribution in [-0.4, -0.2) is 40.8 Å². The Morgan fingerprint density at radius 1 is 0.812 bits per heavy atom. The van der Waals surface area contributed by atoms with Crippen LogP contribution in [0.25, 0.3) is 10.8 Å². The summed E-state index contributed by atoms with van der Waals surface area (Å²) in [6.07, 6.45) is -0.180. The van der Waals surface area contributed by atoms with Crippen LogP contribution in [0.15, 0.2) is 48.5 Å². The average molecular weight is 660 g/mol. The van der Waals surface area contributed by atoms with Gasteiger partial charge in [-0.1, -0.05) is 93.5 Å². The number of esters is 1. The molecule has 0 aliphatic carbocycles. The molecule has 0 saturated carbocycles. The van der Waals surface area contributed by atoms with Crippen molar-refractivity contribution in [1.29, 1.82) is 0 Å². The molecule has 3 rings (SSSR count). The number of hydrogen-bond donors (Lipinski definition) is 2. The Kier molecular flexibility index (Phi) is 11.9. The van der Waals surface area contributed by atoms with Crippen LogP contribution in [0.4, 0.5) is 5.69 Å². The van der Waals surface area contributed by atoms with Crippen molar-refractivity contribution in [3.05, 3.63) is 65.2 Å². The minimum absolute atomic E-state index is 0.00131. The number of hydrogen-bond acceptors (Lipinski definition) is 7. The number of benzene rings is 3. The van der Waals surface area contributed by atoms with Crippen LogP contribution in [0.2, 0.25) is 0 Å². The lowest BCUT2D eigenvalue weighted by Gasteiger charge is -2.31. The molecule has 48 heavy (non-hydrogen) atoms. The van der Waals surface area contributed by atoms with Crippen molar-refractivity contribution in [3.8, 4) is 11.5 Å². The van der Waals surface area contributed by atoms with Crippen LogP contribution in [0.5, 0.6) is 11.5 Å². The molecule has 1 amide bonds. The highest BCUT2D eigenvalue weighted by Crippen LogP contribution is 2.39. The molecule has 0 bridgehead atoms. The van der Waals surface area contributed by atoms with Crippen LogP contribution in [0.3, 0.4) is 0 Å². The normalized spacial score (nSPS) is 13.5. The van der Waals surface area contributed by atoms with Gasteiger partial charge in [0.2, 0.25) is 6.10 Å². The molecule has 2 atom stereocenters. The predicted octanol–water partition coefficient (Wildman–Crippen LogP) is 8.38. The van der Waals surface area contributed by atoms with Crippen LogP contribution in [0, 0.1) is 5.41 Å². The maximum absolute atomic E-state index is 13.6. The first-order chi connectivity index (χ1) is 22.2. The van der Waals surface area contributed by atoms with Gasteiger partial charge in [-0.05, 0) is 70.9 Å². The number of ketones is 2. The van der Waals surface area contributed by atoms with Crippen molar-refractivity contribution in [1.82, 2.24) is 0 Å². The minimum atomic E-state index is -1.53. The average Bonchev–Trinajstić information content (AvgIpc) is 3.02. The summed E-state index contributed by atoms with van der Waals surface area (Å²) in [6.45, 7) is 21.2. The van der Waals surface area contributed by atoms with Crippen LogP contribution in [0.1, 0.15) is 112 Å². The van der Waals surface area contributed by atoms with Crippen molar-refractivity contribution < 1.29 is 33.8 Å². The molecule has 3 aromatic carbocycles. The Morgan fingerprint density at radius 3 is 2.02 bits per heavy atom. The zero-order valence-electron chi connectivity index (χ0n) is 30.5. The number of Topliss-reactive ketones (excluding diaryl/α,β-unsaturated/α-hetero) is 2. The third kappa shape index (κ3) is 8.82. The molecule has 0 fully saturated rings. The van der Waals surface area contributed by atoms with Gasteiger partial charge in [-0.3, -0.25) is 19.2 Å². The number of phenols is 1. The molecule has 8 nitrogen and oxygen atoms in total. The predicted molar refractivity (Wildman–Crippen MR) is 191 cm³/mol. The zero-order valence-corrected chi connectivity index (χ0v) is 30.5. The number of fused-ring (bicyclic) bond motifs is 1. The van der Waals surface area contributed by atoms with E-state index in [1.807, 2.05) is 13.0 Å². The first-order valence-corrected chi connectivity index (χ1v) is 16.9. The summed E-state index contributed by atoms with van der Waals surface area (Å²) in [4.78, 5) is 51.6. The Balaban J connectivity index is 1.90. The molecular weight excluding hydrogens is 606 g/mol. The van der Waals surface area contributed by atoms with Crippen molar-refractivity contribution in [3.63, 3.8) is 0 Å². The van der Waals surface area contributed by atoms with Gasteiger partial charge in [-0.2, -0.15) is 0 Å². The van der Waals surface area contributed by atoms with Gasteiger partial charge >= 0.3 is 5.97 Å². The number of anilines is 1. The Hall–Kier alpha value is -4.20. The number of nitrogens with one attached hydrogen (secondary N) is 1. The summed E-state index contributed by atoms with van der Waals surface area (Å²) in [6, 6.07) is 14.4. The standard InChI is InChI=1S/C40H53NO7/c1-12-33(48-34-20-16-26(39(8,9)13-2)22-30(34)40(10,11)14-3)37(46)41-27-17-18-28-25(15-19-31(43)29(28)23-27)21-32(44)35(47-24(4)42)36(45)38(5,6)7/h15-20,22-23,33,35,43H,12-14,21H2,1-11H3,(H,41,46). The van der Waals surface area contributed by atoms with E-state index in [0.29, 0.717) is 34.2 Å². The van der Waals surface area contributed by atoms with E-state index in [-0.39, 0.29) is 28.9 Å². The van der Waals surface area contributed by atoms with Gasteiger partial charge < -0.3 is 19.9 Å². The molecule has 3 aromatic rings. The number of rotatable bonds is 14. The Morgan fingerprint density at radius 2 is 1.46 bits per heavy atom. The largest absolute Gasteiger partial charge is 0.507 e. The molecule has 0 heterocycles. The monoisotopic (exact) mass is 659 g/mol. The molecule has 2 N–H and O–H groups in total. The maximum atomic E-state index is 13.6. The fraction of sp³-hybridized carbons (Fsp3) is 0.500. The number of phenolic OH excluding ortho intramolecular Hbond substituents is 1. The summed E-state index contributed by atoms with van der Waals surface area (Å²) in [5.41, 5.74) is 2.21. The quantitative estimate of drug-likeness (QED) is 0.132. The lowest BCUT2D eigenvalue weighted by atomic mass is 9.76. The number of carbonyl (C=O) groups excluding carboxylic acids is 4. The number of carbonyl (C=O) groups is 4. The molecule has 2 unspecified atom stereocenters. The summed E-state index contributed by atoms with van der Waals surface area (Å²) in [7, 11) is 0. The van der Waals surface area contributed by atoms with E-state index in [2.05, 4.69) is 59.0 Å². The molecule has 0 aromatic heterocycles. The third-order valence-corrected chi connectivity index (χ3v) is 9.46. The topological polar surface area (TPSA) is 119 Å². The van der Waals surface area contributed by atoms with Crippen molar-refractivity contribution in [2.75, 3.05) is 5.32 Å². The van der Waals surface area contributed by atoms with Gasteiger partial charge in [-0.15, -0.1) is 0 Å². The van der Waals surface area contributed by atoms with Gasteiger partial charge in [0.15, 0.2) is 17.7 Å². The fourth-order valence-corrected chi connectivity index (χ4v) is 5.41. The number of amides is 1. The number of aromatic hydroxyl groups is 1. The van der Waals surface area contributed by atoms with Gasteiger partial charge in [0.05, 0.1) is 0 Å². The van der Waals surface area contributed by atoms with Crippen LogP contribution < -0.4 is 10.1 Å². The van der Waals surface area contributed by atoms with Crippen molar-refractivity contribution >= 4 is 39.9 Å². The van der Waals surface area contributed by atoms with E-state index in [4.69, 9.17) is 9.47 Å². The van der Waals surface area contributed by atoms with Gasteiger partial charge in [-0.25, -0.2) is 0 Å². The lowest BCUT2D eigenvalue weighted by molar-refractivity contribution is -0.161. The van der Waals surface area contributed by atoms with Gasteiger partial charge in [0, 0.05) is 35.4 Å². The summed E-state index contributed by atoms with van der Waals surface area (Å²) in [5.74, 6) is -1.46. The second kappa shape index (κ2) is 14.9. The van der Waals surface area contributed by atoms with E-state index in [9.17, 15) is 24.3 Å². The van der Waals surface area contributed by atoms with Gasteiger partial charge in [0.25, 0.3) is 5.91 Å². The van der Waals surface area contributed by atoms with Crippen molar-refractivity contribution in [2.24, 2.45) is 5.41 Å². The second-order valence-corrected chi connectivity index (χ2v) is 14.9. The van der Waals surface area contributed by atoms with E-state index in [1.165, 1.54) is 11.6 Å². The highest BCUT2D eigenvalue weighted by atomic mass is 16.5. The van der Waals surface area contributed by atoms with Crippen LogP contribution in [-0.2, 0) is 41.2 Å². The Bertz CT molecular complexity index is 1680. The van der Waals surface area contributed by atoms with Crippen LogP contribution >= 0.6 is 0 Å². The van der Waals surface area contributed by atoms with E-state index in [0.717, 1.165) is 25.3 Å². The minimum Gasteiger partial charge on any atom is -0.507 e. The van der Waals surface area contributed by atoms with Gasteiger partial charge in [0.1, 0.15) is 11.5 Å². The third-order valence-electron chi connectivity index (χ3n) is 9.46. The highest BCUT2D eigenvalue weighted by molar-refractivity contribution is 6.10. The first-order valence-electron chi connectivity index (χ1n) is 16.9. The maximum Gasteiger partial charge on any atom is 0.303 e. The second-order valence-electron chi connectivity index (χ2n) is 14.9. The molecule has 0 aliphatic rings. The number of ether oxygens (including phenoxy) is 2. The van der Waals surface area contributed by atoms with E-state index >= 15 is 0 Å². The molecule has 260 valence electrons. The first kappa shape index (κ1) is 38.2. The molecular formula is C40H53NO7. The molecule has 0 spiro atoms. The SMILES string of the molecule is CCC(Oc1ccc(C(C)(C)CC)cc1C(C)(C)CC)C(=O)Nc1ccc2c(CC(=O)C(OC(C)=O)C(=O)C(C)(C)C)ccc(O)c2c1. The molecule has 0 saturated heterocycles. The van der Waals surface area contributed by atoms with E-state index in [1.54, 1.807) is 45.0 Å². The highest BCUT2D eigenvalue weighted by Gasteiger charge is 2.37. The lowest BCUT2D eigenvalue weighted by Crippen LogP contribution is -2.42. The smallest absolute Gasteiger partial charge is 0.303 e. The summed E-state index contributed by atoms with van der Waals surface area (Å²) >= 11 is 0. The molecule has 0 radical (unpaired) electrons. The molecule has 8 heteroatoms. The summed E-state index contributed by atoms with van der Waals surface area (Å²) in [5, 5.41) is 14.7. The molecule has 0 aliphatic heterocycles.